The van der Waals surface area contributed by atoms with E-state index >= 15 is 0 Å². The zero-order chi connectivity index (χ0) is 27.7. The van der Waals surface area contributed by atoms with Crippen LogP contribution in [0.15, 0.2) is 65.8 Å². The number of hydrogen-bond acceptors (Lipinski definition) is 7. The van der Waals surface area contributed by atoms with Crippen LogP contribution in [0.2, 0.25) is 0 Å². The van der Waals surface area contributed by atoms with Crippen molar-refractivity contribution in [1.82, 2.24) is 29.7 Å². The summed E-state index contributed by atoms with van der Waals surface area (Å²) in [7, 11) is 0. The van der Waals surface area contributed by atoms with Gasteiger partial charge in [0.05, 0.1) is 29.5 Å². The van der Waals surface area contributed by atoms with Gasteiger partial charge in [-0.15, -0.1) is 0 Å². The van der Waals surface area contributed by atoms with Crippen LogP contribution in [0.5, 0.6) is 11.5 Å². The van der Waals surface area contributed by atoms with Crippen LogP contribution in [0, 0.1) is 12.7 Å². The van der Waals surface area contributed by atoms with Gasteiger partial charge in [-0.3, -0.25) is 15.1 Å². The summed E-state index contributed by atoms with van der Waals surface area (Å²) in [5, 5.41) is 9.92. The Kier molecular flexibility index (Phi) is 6.52. The first-order chi connectivity index (χ1) is 18.6. The van der Waals surface area contributed by atoms with Crippen molar-refractivity contribution in [2.75, 3.05) is 10.6 Å². The SMILES string of the molecule is Cc1ccc(-n2nc(C(C)(C)C)cc2NC(=O)Nc2ccc(Oc3ccnc4[nH]c(=O)cnc34)cc2F)cn1.[HH].[HH].[HH]. The fourth-order valence-electron chi connectivity index (χ4n) is 3.68. The summed E-state index contributed by atoms with van der Waals surface area (Å²) in [5.74, 6) is 0.133. The smallest absolute Gasteiger partial charge is 0.324 e. The van der Waals surface area contributed by atoms with Crippen molar-refractivity contribution in [3.05, 3.63) is 88.6 Å². The Balaban J connectivity index is 0.00000205. The Morgan fingerprint density at radius 3 is 2.59 bits per heavy atom. The predicted molar refractivity (Wildman–Crippen MR) is 150 cm³/mol. The molecule has 0 aliphatic rings. The highest BCUT2D eigenvalue weighted by Gasteiger charge is 2.22. The Labute approximate surface area is 226 Å². The van der Waals surface area contributed by atoms with Gasteiger partial charge in [0.1, 0.15) is 22.9 Å². The molecular weight excluding hydrogens is 503 g/mol. The van der Waals surface area contributed by atoms with Gasteiger partial charge in [-0.2, -0.15) is 5.10 Å². The minimum absolute atomic E-state index is 0. The summed E-state index contributed by atoms with van der Waals surface area (Å²) >= 11 is 0. The van der Waals surface area contributed by atoms with Crippen molar-refractivity contribution in [1.29, 1.82) is 0 Å². The lowest BCUT2D eigenvalue weighted by atomic mass is 9.92. The summed E-state index contributed by atoms with van der Waals surface area (Å²) in [4.78, 5) is 39.3. The Bertz CT molecular complexity index is 1750. The maximum atomic E-state index is 14.9. The topological polar surface area (TPSA) is 140 Å². The molecule has 2 amide bonds. The number of aromatic amines is 1. The van der Waals surface area contributed by atoms with E-state index in [1.807, 2.05) is 39.8 Å². The first-order valence-corrected chi connectivity index (χ1v) is 12.0. The highest BCUT2D eigenvalue weighted by atomic mass is 19.1. The number of carbonyl (C=O) groups is 1. The standard InChI is InChI=1S/C27H25FN8O3.3H2/c1-15-5-6-16(13-30-15)36-22(12-21(35-36)27(2,3)4)33-26(38)32-19-8-7-17(11-18(19)28)39-20-9-10-29-25-24(20)31-14-23(37)34-25;;;/h5-14H,1-4H3,(H,29,34,37)(H2,32,33,38);3*1H. The van der Waals surface area contributed by atoms with Crippen LogP contribution in [0.1, 0.15) is 36.4 Å². The molecule has 0 aliphatic carbocycles. The number of halogens is 1. The molecule has 5 aromatic rings. The number of H-pyrrole nitrogens is 1. The Morgan fingerprint density at radius 2 is 1.87 bits per heavy atom. The number of nitrogens with zero attached hydrogens (tertiary/aromatic N) is 5. The molecule has 0 fully saturated rings. The third-order valence-corrected chi connectivity index (χ3v) is 5.72. The van der Waals surface area contributed by atoms with Crippen LogP contribution >= 0.6 is 0 Å². The lowest BCUT2D eigenvalue weighted by molar-refractivity contribution is 0.262. The minimum atomic E-state index is -0.714. The number of anilines is 2. The van der Waals surface area contributed by atoms with E-state index in [4.69, 9.17) is 4.74 Å². The Hall–Kier alpha value is -5.13. The van der Waals surface area contributed by atoms with E-state index in [0.29, 0.717) is 17.0 Å². The molecule has 0 atom stereocenters. The highest BCUT2D eigenvalue weighted by molar-refractivity contribution is 5.99. The van der Waals surface area contributed by atoms with Crippen LogP contribution in [0.25, 0.3) is 16.9 Å². The highest BCUT2D eigenvalue weighted by Crippen LogP contribution is 2.29. The van der Waals surface area contributed by atoms with Crippen LogP contribution < -0.4 is 20.9 Å². The van der Waals surface area contributed by atoms with E-state index < -0.39 is 17.4 Å². The second kappa shape index (κ2) is 9.97. The van der Waals surface area contributed by atoms with Crippen LogP contribution in [-0.2, 0) is 5.41 Å². The number of benzene rings is 1. The summed E-state index contributed by atoms with van der Waals surface area (Å²) in [6.07, 6.45) is 4.21. The second-order valence-electron chi connectivity index (χ2n) is 9.81. The molecule has 3 N–H and O–H groups in total. The molecule has 11 nitrogen and oxygen atoms in total. The van der Waals surface area contributed by atoms with Crippen LogP contribution in [0.3, 0.4) is 0 Å². The van der Waals surface area contributed by atoms with Gasteiger partial charge in [0, 0.05) is 39.8 Å². The molecule has 0 unspecified atom stereocenters. The molecular formula is C27H31FN8O3. The van der Waals surface area contributed by atoms with Crippen molar-refractivity contribution < 1.29 is 18.2 Å². The molecule has 1 aromatic carbocycles. The molecule has 0 saturated carbocycles. The van der Waals surface area contributed by atoms with Gasteiger partial charge in [-0.05, 0) is 31.2 Å². The number of ether oxygens (including phenoxy) is 1. The zero-order valence-electron chi connectivity index (χ0n) is 21.6. The van der Waals surface area contributed by atoms with Crippen LogP contribution in [0.4, 0.5) is 20.7 Å². The maximum Gasteiger partial charge on any atom is 0.324 e. The molecule has 4 heterocycles. The second-order valence-corrected chi connectivity index (χ2v) is 9.81. The average Bonchev–Trinajstić information content (AvgIpc) is 3.30. The fourth-order valence-corrected chi connectivity index (χ4v) is 3.68. The molecule has 4 aromatic heterocycles. The number of pyridine rings is 2. The third kappa shape index (κ3) is 5.59. The van der Waals surface area contributed by atoms with Gasteiger partial charge in [-0.1, -0.05) is 20.8 Å². The largest absolute Gasteiger partial charge is 0.455 e. The molecule has 5 rings (SSSR count). The molecule has 0 spiro atoms. The lowest BCUT2D eigenvalue weighted by Crippen LogP contribution is -2.22. The van der Waals surface area contributed by atoms with Gasteiger partial charge >= 0.3 is 6.03 Å². The molecule has 39 heavy (non-hydrogen) atoms. The number of nitrogens with one attached hydrogen (secondary N) is 3. The number of fused-ring (bicyclic) bond motifs is 1. The number of carbonyl (C=O) groups excluding carboxylic acids is 1. The van der Waals surface area contributed by atoms with Gasteiger partial charge < -0.3 is 15.0 Å². The van der Waals surface area contributed by atoms with Crippen molar-refractivity contribution in [2.24, 2.45) is 0 Å². The molecule has 204 valence electrons. The molecule has 0 bridgehead atoms. The van der Waals surface area contributed by atoms with Gasteiger partial charge in [-0.25, -0.2) is 23.8 Å². The number of urea groups is 1. The van der Waals surface area contributed by atoms with Crippen LogP contribution in [-0.4, -0.2) is 35.7 Å². The van der Waals surface area contributed by atoms with E-state index in [1.165, 1.54) is 18.3 Å². The number of rotatable bonds is 5. The van der Waals surface area contributed by atoms with E-state index in [0.717, 1.165) is 23.7 Å². The zero-order valence-corrected chi connectivity index (χ0v) is 21.6. The number of amides is 2. The minimum Gasteiger partial charge on any atom is -0.455 e. The molecule has 0 saturated heterocycles. The summed E-state index contributed by atoms with van der Waals surface area (Å²) < 4.78 is 22.3. The van der Waals surface area contributed by atoms with Gasteiger partial charge in [0.15, 0.2) is 11.4 Å². The van der Waals surface area contributed by atoms with Crippen molar-refractivity contribution in [3.8, 4) is 17.2 Å². The van der Waals surface area contributed by atoms with E-state index in [2.05, 4.69) is 35.7 Å². The summed E-state index contributed by atoms with van der Waals surface area (Å²) in [6.45, 7) is 7.92. The molecule has 0 aliphatic heterocycles. The van der Waals surface area contributed by atoms with Crippen molar-refractivity contribution in [2.45, 2.75) is 33.1 Å². The normalized spacial score (nSPS) is 11.4. The first-order valence-electron chi connectivity index (χ1n) is 12.0. The molecule has 12 heteroatoms. The van der Waals surface area contributed by atoms with Crippen molar-refractivity contribution >= 4 is 28.7 Å². The Morgan fingerprint density at radius 1 is 1.05 bits per heavy atom. The maximum absolute atomic E-state index is 14.9. The fraction of sp³-hybridized carbons (Fsp3) is 0.185. The summed E-state index contributed by atoms with van der Waals surface area (Å²) in [6, 6.07) is 10.4. The van der Waals surface area contributed by atoms with Gasteiger partial charge in [0.2, 0.25) is 0 Å². The van der Waals surface area contributed by atoms with E-state index in [-0.39, 0.29) is 32.5 Å². The lowest BCUT2D eigenvalue weighted by Gasteiger charge is -2.14. The average molecular weight is 535 g/mol. The van der Waals surface area contributed by atoms with E-state index in [9.17, 15) is 14.0 Å². The third-order valence-electron chi connectivity index (χ3n) is 5.72. The monoisotopic (exact) mass is 534 g/mol. The van der Waals surface area contributed by atoms with Crippen molar-refractivity contribution in [3.63, 3.8) is 0 Å². The van der Waals surface area contributed by atoms with E-state index in [1.54, 1.807) is 23.0 Å². The summed E-state index contributed by atoms with van der Waals surface area (Å²) in [5.41, 5.74) is 2.10. The molecule has 0 radical (unpaired) electrons. The number of aryl methyl sites for hydroxylation is 1. The first kappa shape index (κ1) is 25.5. The van der Waals surface area contributed by atoms with Gasteiger partial charge in [0.25, 0.3) is 5.56 Å². The quantitative estimate of drug-likeness (QED) is 0.258. The predicted octanol–water partition coefficient (Wildman–Crippen LogP) is 5.82. The number of hydrogen-bond donors (Lipinski definition) is 3. The number of aromatic nitrogens is 6.